The first-order valence-corrected chi connectivity index (χ1v) is 7.65. The topological polar surface area (TPSA) is 52.6 Å². The van der Waals surface area contributed by atoms with E-state index in [0.29, 0.717) is 13.1 Å². The van der Waals surface area contributed by atoms with Crippen molar-refractivity contribution in [2.24, 2.45) is 0 Å². The van der Waals surface area contributed by atoms with Gasteiger partial charge in [0.25, 0.3) is 0 Å². The third-order valence-electron chi connectivity index (χ3n) is 4.09. The molecule has 4 nitrogen and oxygen atoms in total. The SMILES string of the molecule is CCCN(CCO)C(=O)NC(C)C(C)(C)c1ccccc1. The molecule has 0 saturated heterocycles. The highest BCUT2D eigenvalue weighted by Crippen LogP contribution is 2.26. The summed E-state index contributed by atoms with van der Waals surface area (Å²) in [5, 5.41) is 12.1. The van der Waals surface area contributed by atoms with Crippen LogP contribution in [0.15, 0.2) is 30.3 Å². The summed E-state index contributed by atoms with van der Waals surface area (Å²) >= 11 is 0. The average molecular weight is 292 g/mol. The van der Waals surface area contributed by atoms with Gasteiger partial charge in [-0.3, -0.25) is 0 Å². The molecule has 0 spiro atoms. The number of amides is 2. The second kappa shape index (κ2) is 8.03. The third-order valence-corrected chi connectivity index (χ3v) is 4.09. The summed E-state index contributed by atoms with van der Waals surface area (Å²) in [6.07, 6.45) is 0.879. The Morgan fingerprint density at radius 3 is 2.43 bits per heavy atom. The monoisotopic (exact) mass is 292 g/mol. The molecule has 4 heteroatoms. The van der Waals surface area contributed by atoms with E-state index in [1.54, 1.807) is 4.90 Å². The van der Waals surface area contributed by atoms with Crippen molar-refractivity contribution in [3.63, 3.8) is 0 Å². The van der Waals surface area contributed by atoms with E-state index in [4.69, 9.17) is 5.11 Å². The van der Waals surface area contributed by atoms with Crippen molar-refractivity contribution in [1.82, 2.24) is 10.2 Å². The smallest absolute Gasteiger partial charge is 0.317 e. The first kappa shape index (κ1) is 17.5. The standard InChI is InChI=1S/C17H28N2O2/c1-5-11-19(12-13-20)16(21)18-14(2)17(3,4)15-9-7-6-8-10-15/h6-10,14,20H,5,11-13H2,1-4H3,(H,18,21). The lowest BCUT2D eigenvalue weighted by Crippen LogP contribution is -2.51. The Labute approximate surface area is 128 Å². The third kappa shape index (κ3) is 4.74. The quantitative estimate of drug-likeness (QED) is 0.812. The molecule has 118 valence electrons. The fraction of sp³-hybridized carbons (Fsp3) is 0.588. The number of benzene rings is 1. The molecular weight excluding hydrogens is 264 g/mol. The van der Waals surface area contributed by atoms with Gasteiger partial charge in [0.15, 0.2) is 0 Å². The maximum atomic E-state index is 12.3. The number of carbonyl (C=O) groups excluding carboxylic acids is 1. The number of nitrogens with one attached hydrogen (secondary N) is 1. The van der Waals surface area contributed by atoms with Gasteiger partial charge in [-0.1, -0.05) is 51.1 Å². The van der Waals surface area contributed by atoms with Crippen LogP contribution in [0.4, 0.5) is 4.79 Å². The molecule has 0 heterocycles. The van der Waals surface area contributed by atoms with Crippen LogP contribution in [0.1, 0.15) is 39.7 Å². The maximum Gasteiger partial charge on any atom is 0.317 e. The van der Waals surface area contributed by atoms with E-state index in [1.165, 1.54) is 5.56 Å². The Balaban J connectivity index is 2.74. The number of urea groups is 1. The first-order chi connectivity index (χ1) is 9.93. The number of rotatable bonds is 7. The van der Waals surface area contributed by atoms with Crippen molar-refractivity contribution in [2.75, 3.05) is 19.7 Å². The van der Waals surface area contributed by atoms with Crippen LogP contribution in [0, 0.1) is 0 Å². The van der Waals surface area contributed by atoms with Crippen LogP contribution in [0.3, 0.4) is 0 Å². The van der Waals surface area contributed by atoms with Gasteiger partial charge in [-0.05, 0) is 18.9 Å². The van der Waals surface area contributed by atoms with Crippen molar-refractivity contribution in [1.29, 1.82) is 0 Å². The predicted molar refractivity (Wildman–Crippen MR) is 86.4 cm³/mol. The van der Waals surface area contributed by atoms with Crippen LogP contribution in [0.25, 0.3) is 0 Å². The second-order valence-corrected chi connectivity index (χ2v) is 5.97. The molecule has 0 aliphatic rings. The van der Waals surface area contributed by atoms with E-state index in [9.17, 15) is 4.79 Å². The number of nitrogens with zero attached hydrogens (tertiary/aromatic N) is 1. The Morgan fingerprint density at radius 2 is 1.90 bits per heavy atom. The molecule has 2 N–H and O–H groups in total. The number of carbonyl (C=O) groups is 1. The Hall–Kier alpha value is -1.55. The largest absolute Gasteiger partial charge is 0.395 e. The number of hydrogen-bond donors (Lipinski definition) is 2. The Morgan fingerprint density at radius 1 is 1.29 bits per heavy atom. The molecule has 1 aromatic carbocycles. The van der Waals surface area contributed by atoms with Gasteiger partial charge in [-0.25, -0.2) is 4.79 Å². The zero-order valence-corrected chi connectivity index (χ0v) is 13.6. The minimum Gasteiger partial charge on any atom is -0.395 e. The highest BCUT2D eigenvalue weighted by Gasteiger charge is 2.29. The van der Waals surface area contributed by atoms with Gasteiger partial charge in [0.05, 0.1) is 6.61 Å². The van der Waals surface area contributed by atoms with Crippen molar-refractivity contribution in [3.05, 3.63) is 35.9 Å². The summed E-state index contributed by atoms with van der Waals surface area (Å²) in [6.45, 7) is 9.32. The zero-order chi connectivity index (χ0) is 15.9. The lowest BCUT2D eigenvalue weighted by atomic mass is 9.78. The second-order valence-electron chi connectivity index (χ2n) is 5.97. The molecule has 1 atom stereocenters. The predicted octanol–water partition coefficient (Wildman–Crippen LogP) is 2.77. The van der Waals surface area contributed by atoms with Crippen LogP contribution >= 0.6 is 0 Å². The molecule has 1 aromatic rings. The molecule has 0 bridgehead atoms. The Bertz CT molecular complexity index is 426. The summed E-state index contributed by atoms with van der Waals surface area (Å²) in [5.74, 6) is 0. The van der Waals surface area contributed by atoms with Crippen LogP contribution in [-0.2, 0) is 5.41 Å². The first-order valence-electron chi connectivity index (χ1n) is 7.65. The van der Waals surface area contributed by atoms with E-state index >= 15 is 0 Å². The van der Waals surface area contributed by atoms with Crippen LogP contribution in [0.5, 0.6) is 0 Å². The van der Waals surface area contributed by atoms with Gasteiger partial charge in [0.2, 0.25) is 0 Å². The lowest BCUT2D eigenvalue weighted by molar-refractivity contribution is 0.170. The van der Waals surface area contributed by atoms with E-state index < -0.39 is 0 Å². The average Bonchev–Trinajstić information content (AvgIpc) is 2.47. The molecule has 0 radical (unpaired) electrons. The van der Waals surface area contributed by atoms with Gasteiger partial charge in [0.1, 0.15) is 0 Å². The molecular formula is C17H28N2O2. The minimum absolute atomic E-state index is 0.00884. The normalized spacial score (nSPS) is 12.8. The molecule has 21 heavy (non-hydrogen) atoms. The lowest BCUT2D eigenvalue weighted by Gasteiger charge is -2.34. The number of hydrogen-bond acceptors (Lipinski definition) is 2. The molecule has 0 aromatic heterocycles. The molecule has 0 aliphatic carbocycles. The van der Waals surface area contributed by atoms with Crippen LogP contribution in [-0.4, -0.2) is 41.8 Å². The van der Waals surface area contributed by atoms with Gasteiger partial charge >= 0.3 is 6.03 Å². The van der Waals surface area contributed by atoms with Crippen LogP contribution < -0.4 is 5.32 Å². The fourth-order valence-electron chi connectivity index (χ4n) is 2.28. The van der Waals surface area contributed by atoms with E-state index in [0.717, 1.165) is 6.42 Å². The number of aliphatic hydroxyl groups is 1. The number of aliphatic hydroxyl groups excluding tert-OH is 1. The van der Waals surface area contributed by atoms with Crippen molar-refractivity contribution >= 4 is 6.03 Å². The summed E-state index contributed by atoms with van der Waals surface area (Å²) in [6, 6.07) is 10.1. The van der Waals surface area contributed by atoms with Gasteiger partial charge < -0.3 is 15.3 Å². The molecule has 0 saturated carbocycles. The van der Waals surface area contributed by atoms with Gasteiger partial charge in [-0.15, -0.1) is 0 Å². The molecule has 1 unspecified atom stereocenters. The van der Waals surface area contributed by atoms with Gasteiger partial charge in [0, 0.05) is 24.5 Å². The zero-order valence-electron chi connectivity index (χ0n) is 13.6. The van der Waals surface area contributed by atoms with Gasteiger partial charge in [-0.2, -0.15) is 0 Å². The molecule has 0 fully saturated rings. The maximum absolute atomic E-state index is 12.3. The summed E-state index contributed by atoms with van der Waals surface area (Å²) in [5.41, 5.74) is 1.04. The molecule has 2 amide bonds. The highest BCUT2D eigenvalue weighted by atomic mass is 16.3. The van der Waals surface area contributed by atoms with Crippen molar-refractivity contribution in [2.45, 2.75) is 45.6 Å². The van der Waals surface area contributed by atoms with Crippen LogP contribution in [0.2, 0.25) is 0 Å². The summed E-state index contributed by atoms with van der Waals surface area (Å²) < 4.78 is 0. The van der Waals surface area contributed by atoms with E-state index in [1.807, 2.05) is 32.0 Å². The minimum atomic E-state index is -0.159. The van der Waals surface area contributed by atoms with Crippen molar-refractivity contribution < 1.29 is 9.90 Å². The van der Waals surface area contributed by atoms with E-state index in [2.05, 4.69) is 31.3 Å². The molecule has 0 aliphatic heterocycles. The summed E-state index contributed by atoms with van der Waals surface area (Å²) in [4.78, 5) is 14.0. The van der Waals surface area contributed by atoms with Crippen molar-refractivity contribution in [3.8, 4) is 0 Å². The van der Waals surface area contributed by atoms with E-state index in [-0.39, 0.29) is 24.1 Å². The Kier molecular flexibility index (Phi) is 6.69. The summed E-state index contributed by atoms with van der Waals surface area (Å²) in [7, 11) is 0. The molecule has 1 rings (SSSR count). The fourth-order valence-corrected chi connectivity index (χ4v) is 2.28. The highest BCUT2D eigenvalue weighted by molar-refractivity contribution is 5.74.